The summed E-state index contributed by atoms with van der Waals surface area (Å²) in [7, 11) is 1.56. The number of alkyl carbamates (subject to hydrolysis) is 1. The maximum Gasteiger partial charge on any atom is 0.408 e. The predicted octanol–water partition coefficient (Wildman–Crippen LogP) is 2.65. The minimum Gasteiger partial charge on any atom is -0.444 e. The molecule has 0 radical (unpaired) electrons. The van der Waals surface area contributed by atoms with Crippen molar-refractivity contribution >= 4 is 12.0 Å². The molecular formula is C17H26N2O3. The Morgan fingerprint density at radius 1 is 1.18 bits per heavy atom. The number of ether oxygens (including phenoxy) is 1. The van der Waals surface area contributed by atoms with Crippen LogP contribution in [0.25, 0.3) is 0 Å². The predicted molar refractivity (Wildman–Crippen MR) is 86.6 cm³/mol. The van der Waals surface area contributed by atoms with Gasteiger partial charge in [-0.05, 0) is 45.6 Å². The summed E-state index contributed by atoms with van der Waals surface area (Å²) in [5, 5.41) is 5.21. The van der Waals surface area contributed by atoms with Gasteiger partial charge in [-0.3, -0.25) is 4.79 Å². The fourth-order valence-electron chi connectivity index (χ4n) is 2.05. The molecule has 1 aromatic rings. The highest BCUT2D eigenvalue weighted by Gasteiger charge is 2.23. The maximum absolute atomic E-state index is 11.9. The first-order chi connectivity index (χ1) is 10.3. The zero-order valence-corrected chi connectivity index (χ0v) is 13.8. The van der Waals surface area contributed by atoms with E-state index in [0.717, 1.165) is 12.8 Å². The van der Waals surface area contributed by atoms with Crippen LogP contribution in [0.2, 0.25) is 0 Å². The van der Waals surface area contributed by atoms with Gasteiger partial charge < -0.3 is 15.4 Å². The van der Waals surface area contributed by atoms with Crippen molar-refractivity contribution in [1.29, 1.82) is 0 Å². The molecule has 0 heterocycles. The van der Waals surface area contributed by atoms with Crippen LogP contribution >= 0.6 is 0 Å². The minimum atomic E-state index is -0.582. The molecule has 0 aliphatic heterocycles. The van der Waals surface area contributed by atoms with Crippen molar-refractivity contribution < 1.29 is 14.3 Å². The monoisotopic (exact) mass is 306 g/mol. The Bertz CT molecular complexity index is 480. The van der Waals surface area contributed by atoms with Crippen molar-refractivity contribution in [3.8, 4) is 0 Å². The van der Waals surface area contributed by atoms with E-state index >= 15 is 0 Å². The molecule has 0 aliphatic carbocycles. The van der Waals surface area contributed by atoms with Crippen molar-refractivity contribution in [1.82, 2.24) is 10.6 Å². The van der Waals surface area contributed by atoms with Gasteiger partial charge in [0.15, 0.2) is 0 Å². The fraction of sp³-hybridized carbons (Fsp3) is 0.529. The van der Waals surface area contributed by atoms with E-state index in [1.54, 1.807) is 27.8 Å². The summed E-state index contributed by atoms with van der Waals surface area (Å²) in [6.45, 7) is 5.37. The van der Waals surface area contributed by atoms with Gasteiger partial charge in [0.2, 0.25) is 5.91 Å². The standard InChI is InChI=1S/C17H26N2O3/c1-17(2,3)22-16(21)19-14(15(20)18-4)12-8-11-13-9-6-5-7-10-13/h5-7,9-10,14H,8,11-12H2,1-4H3,(H,18,20)(H,19,21)/t14-/m0/s1. The molecule has 2 amide bonds. The summed E-state index contributed by atoms with van der Waals surface area (Å²) >= 11 is 0. The highest BCUT2D eigenvalue weighted by atomic mass is 16.6. The van der Waals surface area contributed by atoms with Crippen LogP contribution in [0.5, 0.6) is 0 Å². The van der Waals surface area contributed by atoms with Gasteiger partial charge in [0.25, 0.3) is 0 Å². The Kier molecular flexibility index (Phi) is 6.89. The molecule has 1 rings (SSSR count). The molecule has 5 heteroatoms. The van der Waals surface area contributed by atoms with Crippen LogP contribution in [-0.2, 0) is 16.0 Å². The Hall–Kier alpha value is -2.04. The molecular weight excluding hydrogens is 280 g/mol. The molecule has 1 aromatic carbocycles. The molecule has 0 fully saturated rings. The number of aryl methyl sites for hydroxylation is 1. The Balaban J connectivity index is 2.50. The van der Waals surface area contributed by atoms with Gasteiger partial charge in [0.1, 0.15) is 11.6 Å². The lowest BCUT2D eigenvalue weighted by atomic mass is 10.0. The van der Waals surface area contributed by atoms with Crippen LogP contribution in [0.4, 0.5) is 4.79 Å². The van der Waals surface area contributed by atoms with Crippen LogP contribution in [-0.4, -0.2) is 30.7 Å². The van der Waals surface area contributed by atoms with Gasteiger partial charge >= 0.3 is 6.09 Å². The van der Waals surface area contributed by atoms with Gasteiger partial charge in [0.05, 0.1) is 0 Å². The van der Waals surface area contributed by atoms with E-state index in [-0.39, 0.29) is 5.91 Å². The molecule has 1 atom stereocenters. The van der Waals surface area contributed by atoms with Crippen LogP contribution in [0.15, 0.2) is 30.3 Å². The fourth-order valence-corrected chi connectivity index (χ4v) is 2.05. The molecule has 122 valence electrons. The van der Waals surface area contributed by atoms with Gasteiger partial charge in [0, 0.05) is 7.05 Å². The first-order valence-electron chi connectivity index (χ1n) is 7.57. The number of carbonyl (C=O) groups is 2. The third kappa shape index (κ3) is 7.11. The molecule has 0 bridgehead atoms. The van der Waals surface area contributed by atoms with Gasteiger partial charge in [-0.2, -0.15) is 0 Å². The van der Waals surface area contributed by atoms with E-state index < -0.39 is 17.7 Å². The number of hydrogen-bond donors (Lipinski definition) is 2. The number of nitrogens with one attached hydrogen (secondary N) is 2. The first kappa shape index (κ1) is 18.0. The lowest BCUT2D eigenvalue weighted by Crippen LogP contribution is -2.47. The molecule has 0 saturated heterocycles. The van der Waals surface area contributed by atoms with E-state index in [1.165, 1.54) is 5.56 Å². The van der Waals surface area contributed by atoms with Gasteiger partial charge in [-0.15, -0.1) is 0 Å². The number of carbonyl (C=O) groups excluding carboxylic acids is 2. The highest BCUT2D eigenvalue weighted by molar-refractivity contribution is 5.85. The maximum atomic E-state index is 11.9. The third-order valence-corrected chi connectivity index (χ3v) is 3.05. The van der Waals surface area contributed by atoms with E-state index in [0.29, 0.717) is 6.42 Å². The Labute approximate surface area is 132 Å². The number of likely N-dealkylation sites (N-methyl/N-ethyl adjacent to an activating group) is 1. The number of hydrogen-bond acceptors (Lipinski definition) is 3. The van der Waals surface area contributed by atoms with Gasteiger partial charge in [-0.1, -0.05) is 30.3 Å². The Morgan fingerprint density at radius 2 is 1.82 bits per heavy atom. The molecule has 22 heavy (non-hydrogen) atoms. The van der Waals surface area contributed by atoms with Crippen molar-refractivity contribution in [3.05, 3.63) is 35.9 Å². The summed E-state index contributed by atoms with van der Waals surface area (Å²) in [5.74, 6) is -0.209. The number of benzene rings is 1. The second-order valence-corrected chi connectivity index (χ2v) is 6.19. The molecule has 0 saturated carbocycles. The normalized spacial score (nSPS) is 12.4. The lowest BCUT2D eigenvalue weighted by molar-refractivity contribution is -0.122. The summed E-state index contributed by atoms with van der Waals surface area (Å²) in [4.78, 5) is 23.7. The average molecular weight is 306 g/mol. The van der Waals surface area contributed by atoms with Crippen LogP contribution < -0.4 is 10.6 Å². The minimum absolute atomic E-state index is 0.209. The molecule has 0 aliphatic rings. The number of amides is 2. The van der Waals surface area contributed by atoms with Crippen molar-refractivity contribution in [2.45, 2.75) is 51.7 Å². The summed E-state index contributed by atoms with van der Waals surface area (Å²) in [5.41, 5.74) is 0.636. The SMILES string of the molecule is CNC(=O)[C@H](CCCc1ccccc1)NC(=O)OC(C)(C)C. The second-order valence-electron chi connectivity index (χ2n) is 6.19. The first-order valence-corrected chi connectivity index (χ1v) is 7.57. The summed E-state index contributed by atoms with van der Waals surface area (Å²) < 4.78 is 5.20. The van der Waals surface area contributed by atoms with Gasteiger partial charge in [-0.25, -0.2) is 4.79 Å². The summed E-state index contributed by atoms with van der Waals surface area (Å²) in [6, 6.07) is 9.48. The second kappa shape index (κ2) is 8.41. The van der Waals surface area contributed by atoms with Crippen LogP contribution in [0.3, 0.4) is 0 Å². The van der Waals surface area contributed by atoms with Crippen molar-refractivity contribution in [2.24, 2.45) is 0 Å². The quantitative estimate of drug-likeness (QED) is 0.849. The van der Waals surface area contributed by atoms with Crippen molar-refractivity contribution in [3.63, 3.8) is 0 Å². The molecule has 5 nitrogen and oxygen atoms in total. The third-order valence-electron chi connectivity index (χ3n) is 3.05. The van der Waals surface area contributed by atoms with Crippen LogP contribution in [0.1, 0.15) is 39.2 Å². The van der Waals surface area contributed by atoms with E-state index in [4.69, 9.17) is 4.74 Å². The molecule has 0 spiro atoms. The van der Waals surface area contributed by atoms with Crippen LogP contribution in [0, 0.1) is 0 Å². The summed E-state index contributed by atoms with van der Waals surface area (Å²) in [6.07, 6.45) is 1.66. The smallest absolute Gasteiger partial charge is 0.408 e. The average Bonchev–Trinajstić information content (AvgIpc) is 2.44. The topological polar surface area (TPSA) is 67.4 Å². The Morgan fingerprint density at radius 3 is 2.36 bits per heavy atom. The van der Waals surface area contributed by atoms with E-state index in [2.05, 4.69) is 22.8 Å². The molecule has 0 aromatic heterocycles. The lowest BCUT2D eigenvalue weighted by Gasteiger charge is -2.23. The zero-order chi connectivity index (χ0) is 16.6. The van der Waals surface area contributed by atoms with Crippen molar-refractivity contribution in [2.75, 3.05) is 7.05 Å². The van der Waals surface area contributed by atoms with E-state index in [9.17, 15) is 9.59 Å². The van der Waals surface area contributed by atoms with E-state index in [1.807, 2.05) is 18.2 Å². The largest absolute Gasteiger partial charge is 0.444 e. The molecule has 2 N–H and O–H groups in total. The number of rotatable bonds is 6. The molecule has 0 unspecified atom stereocenters. The highest BCUT2D eigenvalue weighted by Crippen LogP contribution is 2.09. The zero-order valence-electron chi connectivity index (χ0n) is 13.8.